The SMILES string of the molecule is CC.COc1ccnc(-c2cccc3cc(-c4c(F)cccc4F)nnc23)c1. The van der Waals surface area contributed by atoms with Crippen molar-refractivity contribution in [2.45, 2.75) is 13.8 Å². The number of rotatable bonds is 3. The molecule has 0 aliphatic carbocycles. The first kappa shape index (κ1) is 19.4. The molecule has 4 rings (SSSR count). The fraction of sp³-hybridized carbons (Fsp3) is 0.136. The van der Waals surface area contributed by atoms with Gasteiger partial charge in [-0.25, -0.2) is 8.78 Å². The summed E-state index contributed by atoms with van der Waals surface area (Å²) in [5, 5.41) is 8.95. The van der Waals surface area contributed by atoms with Crippen molar-refractivity contribution in [3.8, 4) is 28.3 Å². The van der Waals surface area contributed by atoms with Crippen LogP contribution in [0.15, 0.2) is 60.8 Å². The van der Waals surface area contributed by atoms with Crippen molar-refractivity contribution in [3.05, 3.63) is 72.4 Å². The Morgan fingerprint density at radius 3 is 2.25 bits per heavy atom. The van der Waals surface area contributed by atoms with E-state index in [1.54, 1.807) is 31.5 Å². The van der Waals surface area contributed by atoms with E-state index in [0.717, 1.165) is 5.56 Å². The van der Waals surface area contributed by atoms with Crippen molar-refractivity contribution < 1.29 is 13.5 Å². The van der Waals surface area contributed by atoms with E-state index in [2.05, 4.69) is 15.2 Å². The van der Waals surface area contributed by atoms with Crippen molar-refractivity contribution in [1.29, 1.82) is 0 Å². The molecule has 6 heteroatoms. The summed E-state index contributed by atoms with van der Waals surface area (Å²) in [5.41, 5.74) is 1.98. The molecule has 0 aliphatic heterocycles. The van der Waals surface area contributed by atoms with Gasteiger partial charge in [0, 0.05) is 23.2 Å². The predicted octanol–water partition coefficient (Wildman–Crippen LogP) is 5.67. The molecule has 0 fully saturated rings. The van der Waals surface area contributed by atoms with Crippen LogP contribution in [0, 0.1) is 11.6 Å². The number of aromatic nitrogens is 3. The minimum atomic E-state index is -0.677. The van der Waals surface area contributed by atoms with Gasteiger partial charge in [-0.1, -0.05) is 38.1 Å². The quantitative estimate of drug-likeness (QED) is 0.460. The number of nitrogens with zero attached hydrogens (tertiary/aromatic N) is 3. The van der Waals surface area contributed by atoms with Crippen LogP contribution in [0.2, 0.25) is 0 Å². The van der Waals surface area contributed by atoms with E-state index in [1.165, 1.54) is 18.2 Å². The smallest absolute Gasteiger partial charge is 0.135 e. The average molecular weight is 379 g/mol. The Hall–Kier alpha value is -3.41. The van der Waals surface area contributed by atoms with Crippen LogP contribution in [-0.2, 0) is 0 Å². The first-order chi connectivity index (χ1) is 13.7. The van der Waals surface area contributed by atoms with Crippen molar-refractivity contribution in [2.75, 3.05) is 7.11 Å². The summed E-state index contributed by atoms with van der Waals surface area (Å²) in [6.45, 7) is 4.00. The summed E-state index contributed by atoms with van der Waals surface area (Å²) >= 11 is 0. The predicted molar refractivity (Wildman–Crippen MR) is 106 cm³/mol. The molecular formula is C22H19F2N3O. The van der Waals surface area contributed by atoms with Gasteiger partial charge in [0.25, 0.3) is 0 Å². The lowest BCUT2D eigenvalue weighted by Gasteiger charge is -2.08. The van der Waals surface area contributed by atoms with Gasteiger partial charge in [0.2, 0.25) is 0 Å². The molecule has 4 aromatic rings. The molecule has 0 bridgehead atoms. The van der Waals surface area contributed by atoms with Crippen LogP contribution in [-0.4, -0.2) is 22.3 Å². The van der Waals surface area contributed by atoms with E-state index >= 15 is 0 Å². The Labute approximate surface area is 161 Å². The van der Waals surface area contributed by atoms with Crippen molar-refractivity contribution >= 4 is 10.9 Å². The van der Waals surface area contributed by atoms with E-state index in [9.17, 15) is 8.78 Å². The number of hydrogen-bond donors (Lipinski definition) is 0. The van der Waals surface area contributed by atoms with Gasteiger partial charge in [0.15, 0.2) is 0 Å². The highest BCUT2D eigenvalue weighted by Crippen LogP contribution is 2.30. The van der Waals surface area contributed by atoms with E-state index in [0.29, 0.717) is 22.3 Å². The molecule has 0 atom stereocenters. The zero-order valence-corrected chi connectivity index (χ0v) is 15.8. The number of hydrogen-bond acceptors (Lipinski definition) is 4. The highest BCUT2D eigenvalue weighted by Gasteiger charge is 2.15. The summed E-state index contributed by atoms with van der Waals surface area (Å²) in [6.07, 6.45) is 1.64. The molecule has 0 N–H and O–H groups in total. The fourth-order valence-electron chi connectivity index (χ4n) is 2.83. The fourth-order valence-corrected chi connectivity index (χ4v) is 2.83. The second-order valence-corrected chi connectivity index (χ2v) is 5.65. The molecule has 0 aliphatic rings. The molecule has 0 saturated heterocycles. The number of halogens is 2. The zero-order chi connectivity index (χ0) is 20.1. The summed E-state index contributed by atoms with van der Waals surface area (Å²) in [6, 6.07) is 14.4. The van der Waals surface area contributed by atoms with Gasteiger partial charge in [-0.2, -0.15) is 0 Å². The number of pyridine rings is 1. The molecule has 0 unspecified atom stereocenters. The third kappa shape index (κ3) is 3.67. The van der Waals surface area contributed by atoms with Crippen LogP contribution in [0.1, 0.15) is 13.8 Å². The van der Waals surface area contributed by atoms with Crippen molar-refractivity contribution in [1.82, 2.24) is 15.2 Å². The summed E-state index contributed by atoms with van der Waals surface area (Å²) in [4.78, 5) is 4.35. The molecule has 0 amide bonds. The van der Waals surface area contributed by atoms with E-state index < -0.39 is 11.6 Å². The standard InChI is InChI=1S/C20H13F2N3O.C2H6/c1-26-13-8-9-23-17(11-13)14-5-2-4-12-10-18(24-25-20(12)14)19-15(21)6-3-7-16(19)22;1-2/h2-11H,1H3;1-2H3. The average Bonchev–Trinajstić information content (AvgIpc) is 2.74. The first-order valence-corrected chi connectivity index (χ1v) is 8.88. The number of fused-ring (bicyclic) bond motifs is 1. The van der Waals surface area contributed by atoms with Crippen LogP contribution in [0.3, 0.4) is 0 Å². The first-order valence-electron chi connectivity index (χ1n) is 8.88. The van der Waals surface area contributed by atoms with E-state index in [-0.39, 0.29) is 11.3 Å². The summed E-state index contributed by atoms with van der Waals surface area (Å²) in [7, 11) is 1.58. The van der Waals surface area contributed by atoms with Crippen LogP contribution in [0.5, 0.6) is 5.75 Å². The molecule has 142 valence electrons. The molecule has 2 heterocycles. The highest BCUT2D eigenvalue weighted by atomic mass is 19.1. The molecular weight excluding hydrogens is 360 g/mol. The third-order valence-corrected chi connectivity index (χ3v) is 4.08. The Morgan fingerprint density at radius 1 is 0.821 bits per heavy atom. The van der Waals surface area contributed by atoms with Gasteiger partial charge in [-0.15, -0.1) is 10.2 Å². The van der Waals surface area contributed by atoms with E-state index in [1.807, 2.05) is 32.0 Å². The summed E-state index contributed by atoms with van der Waals surface area (Å²) < 4.78 is 33.3. The van der Waals surface area contributed by atoms with Crippen LogP contribution in [0.25, 0.3) is 33.4 Å². The minimum absolute atomic E-state index is 0.142. The minimum Gasteiger partial charge on any atom is -0.497 e. The van der Waals surface area contributed by atoms with Gasteiger partial charge in [-0.05, 0) is 24.3 Å². The van der Waals surface area contributed by atoms with E-state index in [4.69, 9.17) is 4.74 Å². The van der Waals surface area contributed by atoms with Crippen molar-refractivity contribution in [3.63, 3.8) is 0 Å². The lowest BCUT2D eigenvalue weighted by atomic mass is 10.0. The van der Waals surface area contributed by atoms with Gasteiger partial charge in [0.1, 0.15) is 22.9 Å². The second-order valence-electron chi connectivity index (χ2n) is 5.65. The normalized spacial score (nSPS) is 10.3. The highest BCUT2D eigenvalue weighted by molar-refractivity contribution is 5.93. The molecule has 28 heavy (non-hydrogen) atoms. The number of ether oxygens (including phenoxy) is 1. The molecule has 2 aromatic heterocycles. The van der Waals surface area contributed by atoms with Gasteiger partial charge < -0.3 is 4.74 Å². The van der Waals surface area contributed by atoms with Gasteiger partial charge >= 0.3 is 0 Å². The summed E-state index contributed by atoms with van der Waals surface area (Å²) in [5.74, 6) is -0.682. The Bertz CT molecular complexity index is 1100. The molecule has 0 spiro atoms. The second kappa shape index (κ2) is 8.52. The van der Waals surface area contributed by atoms with Crippen LogP contribution in [0.4, 0.5) is 8.78 Å². The number of methoxy groups -OCH3 is 1. The monoisotopic (exact) mass is 379 g/mol. The Kier molecular flexibility index (Phi) is 5.89. The molecule has 0 radical (unpaired) electrons. The zero-order valence-electron chi connectivity index (χ0n) is 15.8. The Balaban J connectivity index is 0.00000109. The van der Waals surface area contributed by atoms with Gasteiger partial charge in [0.05, 0.1) is 24.1 Å². The topological polar surface area (TPSA) is 47.9 Å². The Morgan fingerprint density at radius 2 is 1.54 bits per heavy atom. The molecule has 4 nitrogen and oxygen atoms in total. The van der Waals surface area contributed by atoms with Gasteiger partial charge in [-0.3, -0.25) is 4.98 Å². The maximum atomic E-state index is 14.0. The molecule has 0 saturated carbocycles. The van der Waals surface area contributed by atoms with Crippen LogP contribution < -0.4 is 4.74 Å². The van der Waals surface area contributed by atoms with Crippen LogP contribution >= 0.6 is 0 Å². The third-order valence-electron chi connectivity index (χ3n) is 4.08. The number of benzene rings is 2. The molecule has 2 aromatic carbocycles. The maximum absolute atomic E-state index is 14.0. The lowest BCUT2D eigenvalue weighted by molar-refractivity contribution is 0.414. The lowest BCUT2D eigenvalue weighted by Crippen LogP contribution is -1.96. The largest absolute Gasteiger partial charge is 0.497 e. The maximum Gasteiger partial charge on any atom is 0.135 e. The van der Waals surface area contributed by atoms with Crippen molar-refractivity contribution in [2.24, 2.45) is 0 Å².